The number of thiophene rings is 1. The molecule has 2 aromatic rings. The molecular weight excluding hydrogens is 285 g/mol. The summed E-state index contributed by atoms with van der Waals surface area (Å²) in [7, 11) is 0. The Balaban J connectivity index is 1.81. The molecule has 1 aromatic carbocycles. The number of benzene rings is 1. The average molecular weight is 303 g/mol. The van der Waals surface area contributed by atoms with Crippen LogP contribution in [-0.4, -0.2) is 16.8 Å². The molecular formula is C16H18FN3S. The van der Waals surface area contributed by atoms with Crippen LogP contribution in [0.2, 0.25) is 0 Å². The molecule has 0 bridgehead atoms. The van der Waals surface area contributed by atoms with E-state index >= 15 is 0 Å². The smallest absolute Gasteiger partial charge is 0.123 e. The summed E-state index contributed by atoms with van der Waals surface area (Å²) in [5, 5.41) is 11.9. The highest BCUT2D eigenvalue weighted by Gasteiger charge is 2.29. The first-order valence-electron chi connectivity index (χ1n) is 7.01. The highest BCUT2D eigenvalue weighted by atomic mass is 32.1. The molecule has 0 amide bonds. The quantitative estimate of drug-likeness (QED) is 0.635. The highest BCUT2D eigenvalue weighted by molar-refractivity contribution is 7.07. The standard InChI is InChI=1S/C16H18FN3S/c17-13-2-1-12(15(7-13)16(18)19)9-20(14-3-4-14)8-11-5-6-21-10-11/h1-2,5-7,10,14H,3-4,8-9H2,(H3,18,19). The van der Waals surface area contributed by atoms with E-state index in [1.807, 2.05) is 0 Å². The zero-order valence-corrected chi connectivity index (χ0v) is 12.5. The van der Waals surface area contributed by atoms with Gasteiger partial charge in [0.2, 0.25) is 0 Å². The predicted octanol–water partition coefficient (Wildman–Crippen LogP) is 3.34. The van der Waals surface area contributed by atoms with Crippen molar-refractivity contribution in [3.05, 3.63) is 57.5 Å². The van der Waals surface area contributed by atoms with Gasteiger partial charge >= 0.3 is 0 Å². The van der Waals surface area contributed by atoms with E-state index in [1.165, 1.54) is 30.5 Å². The van der Waals surface area contributed by atoms with Crippen molar-refractivity contribution in [3.8, 4) is 0 Å². The molecule has 0 saturated heterocycles. The topological polar surface area (TPSA) is 53.1 Å². The second-order valence-corrected chi connectivity index (χ2v) is 6.26. The summed E-state index contributed by atoms with van der Waals surface area (Å²) in [6.45, 7) is 1.60. The molecule has 1 aliphatic carbocycles. The maximum absolute atomic E-state index is 13.4. The van der Waals surface area contributed by atoms with Gasteiger partial charge in [0, 0.05) is 24.7 Å². The van der Waals surface area contributed by atoms with E-state index < -0.39 is 0 Å². The SMILES string of the molecule is N=C(N)c1cc(F)ccc1CN(Cc1ccsc1)C1CC1. The second-order valence-electron chi connectivity index (χ2n) is 5.48. The molecule has 0 aliphatic heterocycles. The third-order valence-corrected chi connectivity index (χ3v) is 4.50. The maximum Gasteiger partial charge on any atom is 0.123 e. The first-order valence-corrected chi connectivity index (χ1v) is 7.95. The fourth-order valence-corrected chi connectivity index (χ4v) is 3.19. The van der Waals surface area contributed by atoms with E-state index in [9.17, 15) is 4.39 Å². The molecule has 0 atom stereocenters. The van der Waals surface area contributed by atoms with Crippen LogP contribution in [0.5, 0.6) is 0 Å². The van der Waals surface area contributed by atoms with Gasteiger partial charge in [-0.2, -0.15) is 11.3 Å². The Morgan fingerprint density at radius 1 is 1.33 bits per heavy atom. The van der Waals surface area contributed by atoms with Crippen molar-refractivity contribution in [2.45, 2.75) is 32.0 Å². The molecule has 21 heavy (non-hydrogen) atoms. The second kappa shape index (κ2) is 5.95. The van der Waals surface area contributed by atoms with Gasteiger partial charge in [-0.1, -0.05) is 6.07 Å². The third kappa shape index (κ3) is 3.49. The fourth-order valence-electron chi connectivity index (χ4n) is 2.53. The Labute approximate surface area is 127 Å². The first kappa shape index (κ1) is 14.2. The van der Waals surface area contributed by atoms with Crippen LogP contribution >= 0.6 is 11.3 Å². The van der Waals surface area contributed by atoms with E-state index in [0.717, 1.165) is 12.1 Å². The van der Waals surface area contributed by atoms with Gasteiger partial charge in [0.15, 0.2) is 0 Å². The molecule has 1 aromatic heterocycles. The Morgan fingerprint density at radius 2 is 2.14 bits per heavy atom. The molecule has 3 nitrogen and oxygen atoms in total. The summed E-state index contributed by atoms with van der Waals surface area (Å²) < 4.78 is 13.4. The van der Waals surface area contributed by atoms with Crippen molar-refractivity contribution >= 4 is 17.2 Å². The maximum atomic E-state index is 13.4. The van der Waals surface area contributed by atoms with Gasteiger partial charge in [-0.25, -0.2) is 4.39 Å². The van der Waals surface area contributed by atoms with E-state index in [1.54, 1.807) is 17.4 Å². The third-order valence-electron chi connectivity index (χ3n) is 3.76. The van der Waals surface area contributed by atoms with Crippen molar-refractivity contribution < 1.29 is 4.39 Å². The van der Waals surface area contributed by atoms with E-state index in [-0.39, 0.29) is 11.7 Å². The fraction of sp³-hybridized carbons (Fsp3) is 0.312. The molecule has 110 valence electrons. The highest BCUT2D eigenvalue weighted by Crippen LogP contribution is 2.30. The molecule has 1 aliphatic rings. The van der Waals surface area contributed by atoms with Crippen LogP contribution in [-0.2, 0) is 13.1 Å². The first-order chi connectivity index (χ1) is 10.1. The number of halogens is 1. The Hall–Kier alpha value is -1.72. The largest absolute Gasteiger partial charge is 0.384 e. The van der Waals surface area contributed by atoms with Crippen molar-refractivity contribution in [3.63, 3.8) is 0 Å². The monoisotopic (exact) mass is 303 g/mol. The Kier molecular flexibility index (Phi) is 4.03. The lowest BCUT2D eigenvalue weighted by molar-refractivity contribution is 0.246. The molecule has 3 N–H and O–H groups in total. The lowest BCUT2D eigenvalue weighted by Crippen LogP contribution is -2.26. The molecule has 0 spiro atoms. The molecule has 3 rings (SSSR count). The van der Waals surface area contributed by atoms with E-state index in [0.29, 0.717) is 18.2 Å². The van der Waals surface area contributed by atoms with Gasteiger partial charge in [-0.3, -0.25) is 10.3 Å². The van der Waals surface area contributed by atoms with Gasteiger partial charge in [0.1, 0.15) is 11.7 Å². The predicted molar refractivity (Wildman–Crippen MR) is 84.0 cm³/mol. The minimum absolute atomic E-state index is 0.0734. The van der Waals surface area contributed by atoms with Crippen LogP contribution in [0.1, 0.15) is 29.5 Å². The summed E-state index contributed by atoms with van der Waals surface area (Å²) in [4.78, 5) is 2.39. The number of rotatable bonds is 6. The molecule has 0 radical (unpaired) electrons. The molecule has 1 fully saturated rings. The van der Waals surface area contributed by atoms with Gasteiger partial charge in [0.25, 0.3) is 0 Å². The summed E-state index contributed by atoms with van der Waals surface area (Å²) in [5.41, 5.74) is 8.32. The van der Waals surface area contributed by atoms with Crippen LogP contribution in [0, 0.1) is 11.2 Å². The van der Waals surface area contributed by atoms with Gasteiger partial charge in [-0.05, 0) is 52.9 Å². The number of amidine groups is 1. The number of nitrogens with zero attached hydrogens (tertiary/aromatic N) is 1. The van der Waals surface area contributed by atoms with Crippen LogP contribution < -0.4 is 5.73 Å². The summed E-state index contributed by atoms with van der Waals surface area (Å²) >= 11 is 1.70. The van der Waals surface area contributed by atoms with E-state index in [4.69, 9.17) is 11.1 Å². The molecule has 1 saturated carbocycles. The van der Waals surface area contributed by atoms with Crippen LogP contribution in [0.25, 0.3) is 0 Å². The zero-order chi connectivity index (χ0) is 14.8. The number of hydrogen-bond donors (Lipinski definition) is 2. The zero-order valence-electron chi connectivity index (χ0n) is 11.7. The normalized spacial score (nSPS) is 14.6. The molecule has 1 heterocycles. The van der Waals surface area contributed by atoms with Crippen LogP contribution in [0.3, 0.4) is 0 Å². The number of nitrogens with one attached hydrogen (secondary N) is 1. The number of nitrogen functional groups attached to an aromatic ring is 1. The lowest BCUT2D eigenvalue weighted by Gasteiger charge is -2.23. The van der Waals surface area contributed by atoms with Crippen molar-refractivity contribution in [2.24, 2.45) is 5.73 Å². The van der Waals surface area contributed by atoms with E-state index in [2.05, 4.69) is 21.7 Å². The summed E-state index contributed by atoms with van der Waals surface area (Å²) in [5.74, 6) is -0.421. The van der Waals surface area contributed by atoms with Crippen molar-refractivity contribution in [1.82, 2.24) is 4.90 Å². The molecule has 0 unspecified atom stereocenters. The van der Waals surface area contributed by atoms with Gasteiger partial charge < -0.3 is 5.73 Å². The van der Waals surface area contributed by atoms with Gasteiger partial charge in [0.05, 0.1) is 0 Å². The Bertz CT molecular complexity index is 635. The average Bonchev–Trinajstić information content (AvgIpc) is 3.18. The Morgan fingerprint density at radius 3 is 2.76 bits per heavy atom. The number of nitrogens with two attached hydrogens (primary N) is 1. The summed E-state index contributed by atoms with van der Waals surface area (Å²) in [6.07, 6.45) is 2.42. The molecule has 5 heteroatoms. The van der Waals surface area contributed by atoms with Crippen molar-refractivity contribution in [2.75, 3.05) is 0 Å². The van der Waals surface area contributed by atoms with Gasteiger partial charge in [-0.15, -0.1) is 0 Å². The number of hydrogen-bond acceptors (Lipinski definition) is 3. The lowest BCUT2D eigenvalue weighted by atomic mass is 10.1. The minimum Gasteiger partial charge on any atom is -0.384 e. The van der Waals surface area contributed by atoms with Crippen LogP contribution in [0.4, 0.5) is 4.39 Å². The van der Waals surface area contributed by atoms with Crippen molar-refractivity contribution in [1.29, 1.82) is 5.41 Å². The van der Waals surface area contributed by atoms with Crippen LogP contribution in [0.15, 0.2) is 35.0 Å². The minimum atomic E-state index is -0.347. The summed E-state index contributed by atoms with van der Waals surface area (Å²) in [6, 6.07) is 7.27.